The number of hydrogen-bond acceptors (Lipinski definition) is 6. The summed E-state index contributed by atoms with van der Waals surface area (Å²) in [6.45, 7) is 9.25. The van der Waals surface area contributed by atoms with Crippen molar-refractivity contribution in [2.45, 2.75) is 65.3 Å². The van der Waals surface area contributed by atoms with Gasteiger partial charge in [-0.3, -0.25) is 0 Å². The molecule has 1 amide bonds. The van der Waals surface area contributed by atoms with Crippen molar-refractivity contribution in [3.8, 4) is 0 Å². The minimum atomic E-state index is -1.09. The van der Waals surface area contributed by atoms with Gasteiger partial charge >= 0.3 is 19.7 Å². The zero-order chi connectivity index (χ0) is 21.7. The van der Waals surface area contributed by atoms with E-state index in [9.17, 15) is 9.59 Å². The summed E-state index contributed by atoms with van der Waals surface area (Å²) in [5, 5.41) is 19.6. The van der Waals surface area contributed by atoms with Gasteiger partial charge in [0.2, 0.25) is 0 Å². The smallest absolute Gasteiger partial charge is 0.480 e. The molecule has 1 radical (unpaired) electrons. The molecule has 0 fully saturated rings. The SMILES string of the molecule is CC(C)(C)OC(=O)N[C@@H](Cc1ccccc1)C(=O)O.CC(C)C[C@H](N)O[B]O. The van der Waals surface area contributed by atoms with Gasteiger partial charge in [0, 0.05) is 6.42 Å². The lowest BCUT2D eigenvalue weighted by atomic mass is 10.1. The van der Waals surface area contributed by atoms with Gasteiger partial charge in [0.15, 0.2) is 0 Å². The first kappa shape index (κ1) is 25.9. The number of carbonyl (C=O) groups excluding carboxylic acids is 1. The van der Waals surface area contributed by atoms with Crippen LogP contribution in [0.3, 0.4) is 0 Å². The Morgan fingerprint density at radius 2 is 1.79 bits per heavy atom. The zero-order valence-electron chi connectivity index (χ0n) is 17.2. The van der Waals surface area contributed by atoms with Gasteiger partial charge in [0.05, 0.1) is 6.23 Å². The minimum absolute atomic E-state index is 0.218. The topological polar surface area (TPSA) is 131 Å². The van der Waals surface area contributed by atoms with Crippen molar-refractivity contribution >= 4 is 19.7 Å². The van der Waals surface area contributed by atoms with E-state index in [2.05, 4.69) is 9.97 Å². The molecule has 0 saturated carbocycles. The molecule has 0 saturated heterocycles. The Hall–Kier alpha value is -2.10. The summed E-state index contributed by atoms with van der Waals surface area (Å²) < 4.78 is 9.60. The molecule has 1 aromatic rings. The van der Waals surface area contributed by atoms with E-state index in [-0.39, 0.29) is 12.6 Å². The van der Waals surface area contributed by atoms with Gasteiger partial charge in [-0.2, -0.15) is 0 Å². The van der Waals surface area contributed by atoms with Crippen molar-refractivity contribution in [2.24, 2.45) is 11.7 Å². The number of carboxylic acids is 1. The Morgan fingerprint density at radius 1 is 1.21 bits per heavy atom. The van der Waals surface area contributed by atoms with Crippen LogP contribution in [0.5, 0.6) is 0 Å². The molecule has 0 aliphatic carbocycles. The van der Waals surface area contributed by atoms with E-state index in [1.807, 2.05) is 44.2 Å². The fourth-order valence-corrected chi connectivity index (χ4v) is 2.10. The second-order valence-electron chi connectivity index (χ2n) is 7.64. The summed E-state index contributed by atoms with van der Waals surface area (Å²) in [5.41, 5.74) is 5.56. The number of nitrogens with two attached hydrogens (primary N) is 1. The molecule has 0 spiro atoms. The Balaban J connectivity index is 0.000000684. The minimum Gasteiger partial charge on any atom is -0.480 e. The summed E-state index contributed by atoms with van der Waals surface area (Å²) in [6.07, 6.45) is -0.113. The van der Waals surface area contributed by atoms with Gasteiger partial charge < -0.3 is 30.6 Å². The van der Waals surface area contributed by atoms with Crippen molar-refractivity contribution in [3.63, 3.8) is 0 Å². The van der Waals surface area contributed by atoms with Crippen LogP contribution in [0, 0.1) is 5.92 Å². The monoisotopic (exact) mass is 395 g/mol. The largest absolute Gasteiger partial charge is 0.486 e. The van der Waals surface area contributed by atoms with E-state index < -0.39 is 23.7 Å². The average molecular weight is 395 g/mol. The van der Waals surface area contributed by atoms with Crippen LogP contribution in [0.15, 0.2) is 30.3 Å². The van der Waals surface area contributed by atoms with Gasteiger partial charge in [0.1, 0.15) is 11.6 Å². The highest BCUT2D eigenvalue weighted by Gasteiger charge is 2.24. The van der Waals surface area contributed by atoms with E-state index in [0.29, 0.717) is 13.6 Å². The Bertz CT molecular complexity index is 578. The lowest BCUT2D eigenvalue weighted by molar-refractivity contribution is -0.139. The van der Waals surface area contributed by atoms with Crippen LogP contribution in [0.2, 0.25) is 0 Å². The Kier molecular flexibility index (Phi) is 12.2. The molecule has 1 rings (SSSR count). The molecule has 2 atom stereocenters. The van der Waals surface area contributed by atoms with Crippen LogP contribution in [-0.2, 0) is 20.6 Å². The number of nitrogens with one attached hydrogen (secondary N) is 1. The maximum atomic E-state index is 11.6. The highest BCUT2D eigenvalue weighted by molar-refractivity contribution is 6.15. The van der Waals surface area contributed by atoms with E-state index in [1.54, 1.807) is 20.8 Å². The van der Waals surface area contributed by atoms with Crippen LogP contribution in [0.25, 0.3) is 0 Å². The Morgan fingerprint density at radius 3 is 2.21 bits per heavy atom. The van der Waals surface area contributed by atoms with Crippen LogP contribution in [-0.4, -0.2) is 47.7 Å². The standard InChI is InChI=1S/C14H19NO4.C5H13BNO2/c1-14(2,3)19-13(18)15-11(12(16)17)9-10-7-5-4-6-8-10;1-4(2)3-5(7)9-6-8/h4-8,11H,9H2,1-3H3,(H,15,18)(H,16,17);4-5,8H,3,7H2,1-2H3/t11-;5-/m01/s1. The van der Waals surface area contributed by atoms with Gasteiger partial charge in [-0.15, -0.1) is 0 Å². The molecule has 9 heteroatoms. The summed E-state index contributed by atoms with van der Waals surface area (Å²) >= 11 is 0. The first-order chi connectivity index (χ1) is 12.9. The second kappa shape index (κ2) is 13.1. The maximum Gasteiger partial charge on any atom is 0.486 e. The van der Waals surface area contributed by atoms with Crippen molar-refractivity contribution in [1.29, 1.82) is 0 Å². The summed E-state index contributed by atoms with van der Waals surface area (Å²) in [5.74, 6) is -0.588. The molecule has 0 unspecified atom stereocenters. The van der Waals surface area contributed by atoms with Crippen LogP contribution < -0.4 is 11.1 Å². The predicted molar refractivity (Wildman–Crippen MR) is 107 cm³/mol. The number of carbonyl (C=O) groups is 2. The van der Waals surface area contributed by atoms with Gasteiger partial charge in [0.25, 0.3) is 0 Å². The molecule has 28 heavy (non-hydrogen) atoms. The number of rotatable bonds is 8. The fraction of sp³-hybridized carbons (Fsp3) is 0.579. The number of hydrogen-bond donors (Lipinski definition) is 4. The lowest BCUT2D eigenvalue weighted by Crippen LogP contribution is -2.44. The Labute approximate surface area is 167 Å². The molecule has 0 bridgehead atoms. The molecular formula is C19H32BN2O6. The zero-order valence-corrected chi connectivity index (χ0v) is 17.2. The number of amides is 1. The maximum absolute atomic E-state index is 11.6. The molecule has 0 aliphatic rings. The molecule has 157 valence electrons. The van der Waals surface area contributed by atoms with Crippen molar-refractivity contribution < 1.29 is 29.1 Å². The first-order valence-corrected chi connectivity index (χ1v) is 9.07. The van der Waals surface area contributed by atoms with Crippen LogP contribution in [0.4, 0.5) is 4.79 Å². The quantitative estimate of drug-likeness (QED) is 0.391. The van der Waals surface area contributed by atoms with E-state index in [4.69, 9.17) is 20.6 Å². The summed E-state index contributed by atoms with van der Waals surface area (Å²) in [6, 6.07) is 8.11. The number of alkyl carbamates (subject to hydrolysis) is 1. The third kappa shape index (κ3) is 14.0. The number of carboxylic acid groups (broad SMARTS) is 1. The van der Waals surface area contributed by atoms with Crippen molar-refractivity contribution in [3.05, 3.63) is 35.9 Å². The normalized spacial score (nSPS) is 13.0. The molecule has 1 aromatic carbocycles. The number of aliphatic carboxylic acids is 1. The predicted octanol–water partition coefficient (Wildman–Crippen LogP) is 2.07. The van der Waals surface area contributed by atoms with Gasteiger partial charge in [-0.1, -0.05) is 44.2 Å². The third-order valence-corrected chi connectivity index (χ3v) is 3.21. The van der Waals surface area contributed by atoms with E-state index in [1.165, 1.54) is 0 Å². The highest BCUT2D eigenvalue weighted by Crippen LogP contribution is 2.08. The number of benzene rings is 1. The van der Waals surface area contributed by atoms with E-state index in [0.717, 1.165) is 12.0 Å². The van der Waals surface area contributed by atoms with Crippen LogP contribution >= 0.6 is 0 Å². The van der Waals surface area contributed by atoms with Crippen molar-refractivity contribution in [2.75, 3.05) is 0 Å². The van der Waals surface area contributed by atoms with Crippen molar-refractivity contribution in [1.82, 2.24) is 5.32 Å². The lowest BCUT2D eigenvalue weighted by Gasteiger charge is -2.22. The molecular weight excluding hydrogens is 363 g/mol. The van der Waals surface area contributed by atoms with E-state index >= 15 is 0 Å². The van der Waals surface area contributed by atoms with Crippen LogP contribution in [0.1, 0.15) is 46.6 Å². The third-order valence-electron chi connectivity index (χ3n) is 3.21. The average Bonchev–Trinajstić information content (AvgIpc) is 2.53. The summed E-state index contributed by atoms with van der Waals surface area (Å²) in [7, 11) is 0.632. The molecule has 5 N–H and O–H groups in total. The fourth-order valence-electron chi connectivity index (χ4n) is 2.10. The first-order valence-electron chi connectivity index (χ1n) is 9.07. The second-order valence-corrected chi connectivity index (χ2v) is 7.64. The van der Waals surface area contributed by atoms with Gasteiger partial charge in [-0.25, -0.2) is 9.59 Å². The molecule has 8 nitrogen and oxygen atoms in total. The highest BCUT2D eigenvalue weighted by atomic mass is 16.6. The molecule has 0 heterocycles. The molecule has 0 aromatic heterocycles. The molecule has 0 aliphatic heterocycles. The van der Waals surface area contributed by atoms with Gasteiger partial charge in [-0.05, 0) is 38.7 Å². The summed E-state index contributed by atoms with van der Waals surface area (Å²) in [4.78, 5) is 22.7. The number of ether oxygens (including phenoxy) is 1.